The van der Waals surface area contributed by atoms with Gasteiger partial charge in [-0.2, -0.15) is 5.10 Å². The largest absolute Gasteiger partial charge is 0.452 e. The van der Waals surface area contributed by atoms with Crippen LogP contribution in [0.15, 0.2) is 84.9 Å². The van der Waals surface area contributed by atoms with E-state index in [4.69, 9.17) is 4.74 Å². The monoisotopic (exact) mass is 439 g/mol. The van der Waals surface area contributed by atoms with Crippen LogP contribution in [0, 0.1) is 13.8 Å². The van der Waals surface area contributed by atoms with Gasteiger partial charge in [0.2, 0.25) is 0 Å². The van der Waals surface area contributed by atoms with Gasteiger partial charge in [0.1, 0.15) is 0 Å². The van der Waals surface area contributed by atoms with Gasteiger partial charge in [-0.05, 0) is 67.8 Å². The second-order valence-corrected chi connectivity index (χ2v) is 7.83. The molecule has 0 spiro atoms. The third-order valence-corrected chi connectivity index (χ3v) is 5.22. The Morgan fingerprint density at radius 1 is 0.909 bits per heavy atom. The molecule has 6 heteroatoms. The van der Waals surface area contributed by atoms with Crippen LogP contribution in [0.3, 0.4) is 0 Å². The fourth-order valence-electron chi connectivity index (χ4n) is 3.64. The number of nitrogens with zero attached hydrogens (tertiary/aromatic N) is 2. The van der Waals surface area contributed by atoms with Crippen molar-refractivity contribution in [3.05, 3.63) is 113 Å². The van der Waals surface area contributed by atoms with Crippen molar-refractivity contribution in [1.82, 2.24) is 9.78 Å². The summed E-state index contributed by atoms with van der Waals surface area (Å²) in [5.74, 6) is -0.939. The molecular formula is C27H25N3O3. The summed E-state index contributed by atoms with van der Waals surface area (Å²) in [6.07, 6.45) is 0.693. The zero-order valence-corrected chi connectivity index (χ0v) is 18.6. The highest BCUT2D eigenvalue weighted by molar-refractivity contribution is 5.96. The Bertz CT molecular complexity index is 1260. The lowest BCUT2D eigenvalue weighted by Gasteiger charge is -2.12. The quantitative estimate of drug-likeness (QED) is 0.417. The minimum Gasteiger partial charge on any atom is -0.452 e. The van der Waals surface area contributed by atoms with Crippen LogP contribution in [0.4, 0.5) is 5.69 Å². The lowest BCUT2D eigenvalue weighted by atomic mass is 10.0. The van der Waals surface area contributed by atoms with Crippen molar-refractivity contribution < 1.29 is 14.3 Å². The van der Waals surface area contributed by atoms with Gasteiger partial charge in [-0.15, -0.1) is 0 Å². The topological polar surface area (TPSA) is 73.2 Å². The van der Waals surface area contributed by atoms with Crippen LogP contribution >= 0.6 is 0 Å². The third-order valence-electron chi connectivity index (χ3n) is 5.22. The van der Waals surface area contributed by atoms with E-state index in [0.29, 0.717) is 17.7 Å². The van der Waals surface area contributed by atoms with Gasteiger partial charge in [-0.1, -0.05) is 48.5 Å². The first-order valence-corrected chi connectivity index (χ1v) is 10.7. The van der Waals surface area contributed by atoms with Gasteiger partial charge >= 0.3 is 5.97 Å². The molecule has 0 saturated heterocycles. The van der Waals surface area contributed by atoms with Crippen molar-refractivity contribution >= 4 is 17.6 Å². The van der Waals surface area contributed by atoms with E-state index in [9.17, 15) is 9.59 Å². The highest BCUT2D eigenvalue weighted by Gasteiger charge is 2.13. The molecule has 0 saturated carbocycles. The highest BCUT2D eigenvalue weighted by atomic mass is 16.5. The van der Waals surface area contributed by atoms with Crippen molar-refractivity contribution in [2.75, 3.05) is 11.9 Å². The molecule has 1 N–H and O–H groups in total. The van der Waals surface area contributed by atoms with Crippen molar-refractivity contribution in [3.8, 4) is 5.69 Å². The molecule has 0 bridgehead atoms. The Morgan fingerprint density at radius 3 is 2.30 bits per heavy atom. The van der Waals surface area contributed by atoms with Crippen LogP contribution in [0.25, 0.3) is 5.69 Å². The molecule has 0 aliphatic rings. The number of benzene rings is 3. The van der Waals surface area contributed by atoms with Gasteiger partial charge < -0.3 is 10.1 Å². The molecule has 4 rings (SSSR count). The zero-order chi connectivity index (χ0) is 23.2. The number of para-hydroxylation sites is 1. The molecule has 1 aromatic heterocycles. The van der Waals surface area contributed by atoms with Crippen molar-refractivity contribution in [1.29, 1.82) is 0 Å². The van der Waals surface area contributed by atoms with Crippen LogP contribution < -0.4 is 5.32 Å². The summed E-state index contributed by atoms with van der Waals surface area (Å²) in [7, 11) is 0. The van der Waals surface area contributed by atoms with Gasteiger partial charge in [-0.25, -0.2) is 9.48 Å². The molecule has 1 amide bonds. The number of nitrogens with one attached hydrogen (secondary N) is 1. The molecule has 4 aromatic rings. The fraction of sp³-hybridized carbons (Fsp3) is 0.148. The van der Waals surface area contributed by atoms with E-state index in [1.54, 1.807) is 24.3 Å². The number of anilines is 1. The predicted molar refractivity (Wildman–Crippen MR) is 128 cm³/mol. The van der Waals surface area contributed by atoms with E-state index < -0.39 is 5.97 Å². The van der Waals surface area contributed by atoms with E-state index >= 15 is 0 Å². The summed E-state index contributed by atoms with van der Waals surface area (Å²) in [4.78, 5) is 24.8. The number of ether oxygens (including phenoxy) is 1. The van der Waals surface area contributed by atoms with Crippen LogP contribution in [0.2, 0.25) is 0 Å². The lowest BCUT2D eigenvalue weighted by Crippen LogP contribution is -2.21. The van der Waals surface area contributed by atoms with Gasteiger partial charge in [0.25, 0.3) is 5.91 Å². The number of amides is 1. The van der Waals surface area contributed by atoms with E-state index in [1.165, 1.54) is 0 Å². The molecule has 33 heavy (non-hydrogen) atoms. The standard InChI is InChI=1S/C27H25N3O3/c1-19-16-20(2)30(29-19)24-14-12-22(13-15-24)27(32)33-18-26(31)28-25-11-7-6-10-23(25)17-21-8-4-3-5-9-21/h3-16H,17-18H2,1-2H3,(H,28,31). The summed E-state index contributed by atoms with van der Waals surface area (Å²) >= 11 is 0. The Kier molecular flexibility index (Phi) is 6.64. The Balaban J connectivity index is 1.35. The first kappa shape index (κ1) is 22.0. The van der Waals surface area contributed by atoms with Gasteiger partial charge in [0, 0.05) is 11.4 Å². The lowest BCUT2D eigenvalue weighted by molar-refractivity contribution is -0.119. The molecule has 0 radical (unpaired) electrons. The molecule has 3 aromatic carbocycles. The maximum absolute atomic E-state index is 12.4. The molecule has 6 nitrogen and oxygen atoms in total. The molecule has 0 aliphatic carbocycles. The highest BCUT2D eigenvalue weighted by Crippen LogP contribution is 2.19. The van der Waals surface area contributed by atoms with Gasteiger partial charge in [0.05, 0.1) is 16.9 Å². The zero-order valence-electron chi connectivity index (χ0n) is 18.6. The molecule has 166 valence electrons. The Morgan fingerprint density at radius 2 is 1.61 bits per heavy atom. The number of aromatic nitrogens is 2. The first-order valence-electron chi connectivity index (χ1n) is 10.7. The van der Waals surface area contributed by atoms with Gasteiger partial charge in [0.15, 0.2) is 6.61 Å². The molecule has 1 heterocycles. The van der Waals surface area contributed by atoms with E-state index in [-0.39, 0.29) is 12.5 Å². The van der Waals surface area contributed by atoms with Crippen molar-refractivity contribution in [2.24, 2.45) is 0 Å². The number of carbonyl (C=O) groups excluding carboxylic acids is 2. The predicted octanol–water partition coefficient (Wildman–Crippen LogP) is 4.88. The number of rotatable bonds is 7. The van der Waals surface area contributed by atoms with Crippen molar-refractivity contribution in [2.45, 2.75) is 20.3 Å². The number of hydrogen-bond acceptors (Lipinski definition) is 4. The minimum atomic E-state index is -0.553. The summed E-state index contributed by atoms with van der Waals surface area (Å²) < 4.78 is 7.03. The molecule has 0 aliphatic heterocycles. The minimum absolute atomic E-state index is 0.363. The number of hydrogen-bond donors (Lipinski definition) is 1. The second kappa shape index (κ2) is 9.96. The molecule has 0 unspecified atom stereocenters. The second-order valence-electron chi connectivity index (χ2n) is 7.83. The molecular weight excluding hydrogens is 414 g/mol. The Labute approximate surface area is 192 Å². The fourth-order valence-corrected chi connectivity index (χ4v) is 3.64. The number of aryl methyl sites for hydroxylation is 2. The third kappa shape index (κ3) is 5.54. The maximum atomic E-state index is 12.4. The SMILES string of the molecule is Cc1cc(C)n(-c2ccc(C(=O)OCC(=O)Nc3ccccc3Cc3ccccc3)cc2)n1. The molecule has 0 fully saturated rings. The van der Waals surface area contributed by atoms with E-state index in [0.717, 1.165) is 28.2 Å². The van der Waals surface area contributed by atoms with Crippen LogP contribution in [-0.2, 0) is 16.0 Å². The number of carbonyl (C=O) groups is 2. The van der Waals surface area contributed by atoms with E-state index in [1.807, 2.05) is 79.2 Å². The van der Waals surface area contributed by atoms with Crippen molar-refractivity contribution in [3.63, 3.8) is 0 Å². The van der Waals surface area contributed by atoms with Crippen LogP contribution in [0.5, 0.6) is 0 Å². The van der Waals surface area contributed by atoms with E-state index in [2.05, 4.69) is 10.4 Å². The average Bonchev–Trinajstić information content (AvgIpc) is 3.17. The maximum Gasteiger partial charge on any atom is 0.338 e. The summed E-state index contributed by atoms with van der Waals surface area (Å²) in [6, 6.07) is 26.6. The molecule has 0 atom stereocenters. The normalized spacial score (nSPS) is 10.6. The average molecular weight is 440 g/mol. The van der Waals surface area contributed by atoms with Gasteiger partial charge in [-0.3, -0.25) is 4.79 Å². The smallest absolute Gasteiger partial charge is 0.338 e. The Hall–Kier alpha value is -4.19. The van der Waals surface area contributed by atoms with Crippen LogP contribution in [-0.4, -0.2) is 28.3 Å². The summed E-state index contributed by atoms with van der Waals surface area (Å²) in [5, 5.41) is 7.28. The van der Waals surface area contributed by atoms with Crippen LogP contribution in [0.1, 0.15) is 32.9 Å². The number of esters is 1. The summed E-state index contributed by atoms with van der Waals surface area (Å²) in [6.45, 7) is 3.54. The summed E-state index contributed by atoms with van der Waals surface area (Å²) in [5.41, 5.74) is 6.00. The first-order chi connectivity index (χ1) is 16.0.